The molecule has 0 aliphatic carbocycles. The topological polar surface area (TPSA) is 60.0 Å². The second kappa shape index (κ2) is 7.36. The van der Waals surface area contributed by atoms with Gasteiger partial charge in [-0.15, -0.1) is 0 Å². The molecular weight excluding hydrogens is 296 g/mol. The zero-order chi connectivity index (χ0) is 17.1. The predicted molar refractivity (Wildman–Crippen MR) is 88.4 cm³/mol. The molecule has 0 bridgehead atoms. The van der Waals surface area contributed by atoms with E-state index in [4.69, 9.17) is 14.2 Å². The summed E-state index contributed by atoms with van der Waals surface area (Å²) in [5.74, 6) is -0.475. The van der Waals surface area contributed by atoms with Crippen molar-refractivity contribution in [1.82, 2.24) is 10.2 Å². The first-order chi connectivity index (χ1) is 10.7. The lowest BCUT2D eigenvalue weighted by Gasteiger charge is -2.35. The minimum atomic E-state index is -0.475. The van der Waals surface area contributed by atoms with E-state index in [1.165, 1.54) is 0 Å². The zero-order valence-corrected chi connectivity index (χ0v) is 15.2. The van der Waals surface area contributed by atoms with Crippen LogP contribution in [0.25, 0.3) is 0 Å². The second-order valence-electron chi connectivity index (χ2n) is 7.93. The summed E-state index contributed by atoms with van der Waals surface area (Å²) >= 11 is 0. The highest BCUT2D eigenvalue weighted by Crippen LogP contribution is 2.23. The Hall–Kier alpha value is -0.850. The fourth-order valence-corrected chi connectivity index (χ4v) is 2.96. The molecule has 134 valence electrons. The van der Waals surface area contributed by atoms with Gasteiger partial charge in [0.25, 0.3) is 0 Å². The number of hydrogen-bond acceptors (Lipinski definition) is 5. The molecule has 0 aromatic carbocycles. The molecule has 0 spiro atoms. The van der Waals surface area contributed by atoms with Gasteiger partial charge in [-0.05, 0) is 60.4 Å². The maximum atomic E-state index is 12.3. The van der Waals surface area contributed by atoms with Crippen LogP contribution >= 0.6 is 0 Å². The summed E-state index contributed by atoms with van der Waals surface area (Å²) in [4.78, 5) is 14.1. The van der Waals surface area contributed by atoms with Crippen molar-refractivity contribution in [2.45, 2.75) is 77.4 Å². The summed E-state index contributed by atoms with van der Waals surface area (Å²) in [6, 6.07) is 0.485. The van der Waals surface area contributed by atoms with Gasteiger partial charge in [0, 0.05) is 12.6 Å². The van der Waals surface area contributed by atoms with Gasteiger partial charge in [-0.3, -0.25) is 0 Å². The molecule has 1 unspecified atom stereocenters. The van der Waals surface area contributed by atoms with Crippen molar-refractivity contribution in [3.8, 4) is 0 Å². The van der Waals surface area contributed by atoms with Gasteiger partial charge in [0.15, 0.2) is 5.79 Å². The second-order valence-corrected chi connectivity index (χ2v) is 7.93. The van der Waals surface area contributed by atoms with Gasteiger partial charge in [0.2, 0.25) is 0 Å². The van der Waals surface area contributed by atoms with E-state index in [2.05, 4.69) is 5.32 Å². The van der Waals surface area contributed by atoms with Crippen LogP contribution in [-0.2, 0) is 14.2 Å². The minimum Gasteiger partial charge on any atom is -0.444 e. The predicted octanol–water partition coefficient (Wildman–Crippen LogP) is 2.52. The lowest BCUT2D eigenvalue weighted by atomic mass is 10.1. The molecule has 2 fully saturated rings. The number of nitrogens with zero attached hydrogens (tertiary/aromatic N) is 1. The fourth-order valence-electron chi connectivity index (χ4n) is 2.96. The number of rotatable bonds is 4. The standard InChI is InChI=1S/C17H32N2O4/c1-16(2,3)23-15(20)19-10-6-7-14(19)8-9-18-13-11-21-17(4,5)22-12-13/h13-14,18H,6-12H2,1-5H3. The average molecular weight is 328 g/mol. The van der Waals surface area contributed by atoms with Gasteiger partial charge < -0.3 is 24.4 Å². The number of nitrogens with one attached hydrogen (secondary N) is 1. The van der Waals surface area contributed by atoms with Crippen LogP contribution in [0.2, 0.25) is 0 Å². The van der Waals surface area contributed by atoms with Crippen LogP contribution in [0, 0.1) is 0 Å². The van der Waals surface area contributed by atoms with Gasteiger partial charge >= 0.3 is 6.09 Å². The molecule has 1 N–H and O–H groups in total. The van der Waals surface area contributed by atoms with Crippen molar-refractivity contribution < 1.29 is 19.0 Å². The first kappa shape index (κ1) is 18.5. The lowest BCUT2D eigenvalue weighted by molar-refractivity contribution is -0.252. The largest absolute Gasteiger partial charge is 0.444 e. The Morgan fingerprint density at radius 2 is 1.96 bits per heavy atom. The van der Waals surface area contributed by atoms with Crippen molar-refractivity contribution in [3.05, 3.63) is 0 Å². The van der Waals surface area contributed by atoms with Crippen LogP contribution in [0.15, 0.2) is 0 Å². The number of hydrogen-bond donors (Lipinski definition) is 1. The molecule has 0 aromatic heterocycles. The molecule has 23 heavy (non-hydrogen) atoms. The van der Waals surface area contributed by atoms with Crippen LogP contribution in [0.1, 0.15) is 53.9 Å². The van der Waals surface area contributed by atoms with E-state index in [1.807, 2.05) is 39.5 Å². The molecule has 0 saturated carbocycles. The number of likely N-dealkylation sites (tertiary alicyclic amines) is 1. The number of ether oxygens (including phenoxy) is 3. The first-order valence-corrected chi connectivity index (χ1v) is 8.67. The first-order valence-electron chi connectivity index (χ1n) is 8.67. The summed E-state index contributed by atoms with van der Waals surface area (Å²) in [6.45, 7) is 12.5. The Labute approximate surface area is 139 Å². The highest BCUT2D eigenvalue weighted by atomic mass is 16.7. The van der Waals surface area contributed by atoms with E-state index in [9.17, 15) is 4.79 Å². The molecule has 0 radical (unpaired) electrons. The van der Waals surface area contributed by atoms with E-state index in [-0.39, 0.29) is 18.2 Å². The summed E-state index contributed by atoms with van der Waals surface area (Å²) in [5, 5.41) is 3.47. The maximum Gasteiger partial charge on any atom is 0.410 e. The molecule has 2 saturated heterocycles. The Balaban J connectivity index is 1.71. The monoisotopic (exact) mass is 328 g/mol. The molecular formula is C17H32N2O4. The highest BCUT2D eigenvalue weighted by molar-refractivity contribution is 5.68. The zero-order valence-electron chi connectivity index (χ0n) is 15.2. The van der Waals surface area contributed by atoms with Crippen LogP contribution in [0.3, 0.4) is 0 Å². The summed E-state index contributed by atoms with van der Waals surface area (Å²) in [7, 11) is 0. The molecule has 2 rings (SSSR count). The van der Waals surface area contributed by atoms with Gasteiger partial charge in [-0.1, -0.05) is 0 Å². The molecule has 1 atom stereocenters. The molecule has 6 nitrogen and oxygen atoms in total. The number of amides is 1. The number of carbonyl (C=O) groups excluding carboxylic acids is 1. The summed E-state index contributed by atoms with van der Waals surface area (Å²) in [6.07, 6.45) is 2.84. The molecule has 2 heterocycles. The quantitative estimate of drug-likeness (QED) is 0.859. The minimum absolute atomic E-state index is 0.189. The Morgan fingerprint density at radius 1 is 1.30 bits per heavy atom. The number of carbonyl (C=O) groups is 1. The van der Waals surface area contributed by atoms with Gasteiger partial charge in [0.1, 0.15) is 5.60 Å². The molecule has 0 aromatic rings. The van der Waals surface area contributed by atoms with Crippen LogP contribution in [0.4, 0.5) is 4.79 Å². The third-order valence-electron chi connectivity index (χ3n) is 4.18. The molecule has 2 aliphatic rings. The SMILES string of the molecule is CC(C)(C)OC(=O)N1CCCC1CCNC1COC(C)(C)OC1. The third kappa shape index (κ3) is 5.94. The van der Waals surface area contributed by atoms with Crippen molar-refractivity contribution in [2.24, 2.45) is 0 Å². The average Bonchev–Trinajstić information content (AvgIpc) is 2.87. The lowest BCUT2D eigenvalue weighted by Crippen LogP contribution is -2.49. The summed E-state index contributed by atoms with van der Waals surface area (Å²) in [5.41, 5.74) is -0.438. The van der Waals surface area contributed by atoms with Crippen molar-refractivity contribution in [1.29, 1.82) is 0 Å². The molecule has 2 aliphatic heterocycles. The highest BCUT2D eigenvalue weighted by Gasteiger charge is 2.32. The fraction of sp³-hybridized carbons (Fsp3) is 0.941. The Morgan fingerprint density at radius 3 is 2.57 bits per heavy atom. The normalized spacial score (nSPS) is 25.6. The van der Waals surface area contributed by atoms with E-state index in [0.717, 1.165) is 32.4 Å². The van der Waals surface area contributed by atoms with E-state index in [0.29, 0.717) is 13.2 Å². The third-order valence-corrected chi connectivity index (χ3v) is 4.18. The van der Waals surface area contributed by atoms with Gasteiger partial charge in [-0.25, -0.2) is 4.79 Å². The van der Waals surface area contributed by atoms with E-state index >= 15 is 0 Å². The van der Waals surface area contributed by atoms with Gasteiger partial charge in [0.05, 0.1) is 19.3 Å². The van der Waals surface area contributed by atoms with Crippen molar-refractivity contribution in [2.75, 3.05) is 26.3 Å². The summed E-state index contributed by atoms with van der Waals surface area (Å²) < 4.78 is 16.8. The smallest absolute Gasteiger partial charge is 0.410 e. The maximum absolute atomic E-state index is 12.3. The Bertz CT molecular complexity index is 396. The van der Waals surface area contributed by atoms with Crippen molar-refractivity contribution >= 4 is 6.09 Å². The molecule has 6 heteroatoms. The Kier molecular flexibility index (Phi) is 5.92. The van der Waals surface area contributed by atoms with Crippen LogP contribution in [0.5, 0.6) is 0 Å². The van der Waals surface area contributed by atoms with Crippen molar-refractivity contribution in [3.63, 3.8) is 0 Å². The van der Waals surface area contributed by atoms with Crippen LogP contribution < -0.4 is 5.32 Å². The van der Waals surface area contributed by atoms with Gasteiger partial charge in [-0.2, -0.15) is 0 Å². The van der Waals surface area contributed by atoms with E-state index < -0.39 is 11.4 Å². The van der Waals surface area contributed by atoms with E-state index in [1.54, 1.807) is 0 Å². The molecule has 1 amide bonds. The van der Waals surface area contributed by atoms with Crippen LogP contribution in [-0.4, -0.2) is 60.8 Å².